The first-order chi connectivity index (χ1) is 14.2. The largest absolute Gasteiger partial charge is 0.339 e. The van der Waals surface area contributed by atoms with Gasteiger partial charge in [-0.15, -0.1) is 0 Å². The highest BCUT2D eigenvalue weighted by atomic mass is 16.2. The molecule has 1 saturated carbocycles. The summed E-state index contributed by atoms with van der Waals surface area (Å²) in [6.07, 6.45) is 8.72. The van der Waals surface area contributed by atoms with Gasteiger partial charge in [0.15, 0.2) is 0 Å². The van der Waals surface area contributed by atoms with Gasteiger partial charge in [-0.1, -0.05) is 36.4 Å². The van der Waals surface area contributed by atoms with Crippen LogP contribution in [0.5, 0.6) is 0 Å². The van der Waals surface area contributed by atoms with Gasteiger partial charge in [-0.25, -0.2) is 0 Å². The second-order valence-corrected chi connectivity index (χ2v) is 9.28. The van der Waals surface area contributed by atoms with E-state index in [0.717, 1.165) is 39.0 Å². The fourth-order valence-electron chi connectivity index (χ4n) is 5.30. The third-order valence-electron chi connectivity index (χ3n) is 7.24. The van der Waals surface area contributed by atoms with Gasteiger partial charge >= 0.3 is 0 Å². The minimum Gasteiger partial charge on any atom is -0.339 e. The summed E-state index contributed by atoms with van der Waals surface area (Å²) in [6, 6.07) is 17.2. The summed E-state index contributed by atoms with van der Waals surface area (Å²) >= 11 is 0. The van der Waals surface area contributed by atoms with E-state index in [4.69, 9.17) is 0 Å². The molecule has 152 valence electrons. The Balaban J connectivity index is 1.26. The number of carbonyl (C=O) groups excluding carboxylic acids is 1. The standard InChI is InChI=1S/C25H31N3O/c29-24-23(20-6-2-1-3-7-20)18-25(19-28(24)22-9-10-22)12-16-27(17-13-25)15-11-21-8-4-5-14-26-21/h1-8,14,22-23H,9-13,15-19H2/t23-/m0/s1. The highest BCUT2D eigenvalue weighted by Crippen LogP contribution is 2.48. The van der Waals surface area contributed by atoms with Crippen molar-refractivity contribution in [1.29, 1.82) is 0 Å². The normalized spacial score (nSPS) is 24.8. The summed E-state index contributed by atoms with van der Waals surface area (Å²) in [4.78, 5) is 22.6. The molecule has 3 aliphatic rings. The van der Waals surface area contributed by atoms with Gasteiger partial charge in [0, 0.05) is 37.4 Å². The van der Waals surface area contributed by atoms with Crippen molar-refractivity contribution in [1.82, 2.24) is 14.8 Å². The van der Waals surface area contributed by atoms with Gasteiger partial charge in [0.2, 0.25) is 5.91 Å². The van der Waals surface area contributed by atoms with Crippen LogP contribution in [0.2, 0.25) is 0 Å². The predicted molar refractivity (Wildman–Crippen MR) is 115 cm³/mol. The summed E-state index contributed by atoms with van der Waals surface area (Å²) in [6.45, 7) is 4.34. The molecule has 0 N–H and O–H groups in total. The van der Waals surface area contributed by atoms with Crippen molar-refractivity contribution in [2.45, 2.75) is 50.5 Å². The van der Waals surface area contributed by atoms with Gasteiger partial charge in [-0.2, -0.15) is 0 Å². The van der Waals surface area contributed by atoms with Gasteiger partial charge in [0.1, 0.15) is 0 Å². The SMILES string of the molecule is O=C1[C@H](c2ccccc2)CC2(CCN(CCc3ccccn3)CC2)CN1C1CC1. The van der Waals surface area contributed by atoms with Crippen molar-refractivity contribution in [3.63, 3.8) is 0 Å². The summed E-state index contributed by atoms with van der Waals surface area (Å²) in [5, 5.41) is 0. The van der Waals surface area contributed by atoms with Crippen LogP contribution in [-0.2, 0) is 11.2 Å². The molecule has 5 rings (SSSR count). The molecule has 3 fully saturated rings. The Hall–Kier alpha value is -2.20. The molecular weight excluding hydrogens is 358 g/mol. The molecule has 2 saturated heterocycles. The van der Waals surface area contributed by atoms with Crippen LogP contribution in [0.4, 0.5) is 0 Å². The quantitative estimate of drug-likeness (QED) is 0.779. The molecule has 1 spiro atoms. The van der Waals surface area contributed by atoms with Crippen LogP contribution in [0.1, 0.15) is 49.3 Å². The first-order valence-electron chi connectivity index (χ1n) is 11.2. The Morgan fingerprint density at radius 1 is 1.00 bits per heavy atom. The van der Waals surface area contributed by atoms with Crippen molar-refractivity contribution in [2.75, 3.05) is 26.2 Å². The van der Waals surface area contributed by atoms with Crippen LogP contribution in [0.25, 0.3) is 0 Å². The predicted octanol–water partition coefficient (Wildman–Crippen LogP) is 3.88. The number of piperidine rings is 2. The van der Waals surface area contributed by atoms with Crippen LogP contribution in [-0.4, -0.2) is 52.9 Å². The third kappa shape index (κ3) is 4.09. The van der Waals surface area contributed by atoms with E-state index in [-0.39, 0.29) is 5.92 Å². The average molecular weight is 390 g/mol. The number of hydrogen-bond acceptors (Lipinski definition) is 3. The van der Waals surface area contributed by atoms with E-state index in [2.05, 4.69) is 51.2 Å². The average Bonchev–Trinajstić information content (AvgIpc) is 3.62. The minimum atomic E-state index is 0.0469. The molecule has 0 radical (unpaired) electrons. The van der Waals surface area contributed by atoms with Gasteiger partial charge in [0.05, 0.1) is 5.92 Å². The zero-order valence-corrected chi connectivity index (χ0v) is 17.2. The summed E-state index contributed by atoms with van der Waals surface area (Å²) < 4.78 is 0. The molecule has 29 heavy (non-hydrogen) atoms. The molecule has 1 atom stereocenters. The van der Waals surface area contributed by atoms with Crippen LogP contribution in [0.3, 0.4) is 0 Å². The molecule has 1 amide bonds. The fraction of sp³-hybridized carbons (Fsp3) is 0.520. The second-order valence-electron chi connectivity index (χ2n) is 9.28. The van der Waals surface area contributed by atoms with Gasteiger partial charge in [0.25, 0.3) is 0 Å². The molecule has 1 aliphatic carbocycles. The van der Waals surface area contributed by atoms with Crippen LogP contribution in [0.15, 0.2) is 54.7 Å². The number of hydrogen-bond donors (Lipinski definition) is 0. The number of benzene rings is 1. The first-order valence-corrected chi connectivity index (χ1v) is 11.2. The summed E-state index contributed by atoms with van der Waals surface area (Å²) in [5.74, 6) is 0.424. The molecule has 2 aliphatic heterocycles. The number of nitrogens with zero attached hydrogens (tertiary/aromatic N) is 3. The molecule has 1 aromatic carbocycles. The van der Waals surface area contributed by atoms with E-state index in [9.17, 15) is 4.79 Å². The number of aromatic nitrogens is 1. The maximum atomic E-state index is 13.3. The highest BCUT2D eigenvalue weighted by Gasteiger charge is 2.49. The zero-order chi connectivity index (χ0) is 19.7. The molecule has 0 bridgehead atoms. The van der Waals surface area contributed by atoms with Crippen LogP contribution >= 0.6 is 0 Å². The van der Waals surface area contributed by atoms with E-state index >= 15 is 0 Å². The highest BCUT2D eigenvalue weighted by molar-refractivity contribution is 5.85. The fourth-order valence-corrected chi connectivity index (χ4v) is 5.30. The lowest BCUT2D eigenvalue weighted by atomic mass is 9.67. The first kappa shape index (κ1) is 18.8. The van der Waals surface area contributed by atoms with Crippen LogP contribution < -0.4 is 0 Å². The number of carbonyl (C=O) groups is 1. The second kappa shape index (κ2) is 7.91. The molecule has 4 heteroatoms. The lowest BCUT2D eigenvalue weighted by molar-refractivity contribution is -0.142. The Morgan fingerprint density at radius 2 is 1.76 bits per heavy atom. The zero-order valence-electron chi connectivity index (χ0n) is 17.2. The van der Waals surface area contributed by atoms with Gasteiger partial charge in [-0.05, 0) is 68.3 Å². The molecule has 1 aromatic heterocycles. The van der Waals surface area contributed by atoms with Crippen LogP contribution in [0, 0.1) is 5.41 Å². The molecule has 0 unspecified atom stereocenters. The minimum absolute atomic E-state index is 0.0469. The maximum Gasteiger partial charge on any atom is 0.230 e. The summed E-state index contributed by atoms with van der Waals surface area (Å²) in [7, 11) is 0. The Bertz CT molecular complexity index is 826. The third-order valence-corrected chi connectivity index (χ3v) is 7.24. The monoisotopic (exact) mass is 389 g/mol. The number of pyridine rings is 1. The number of rotatable bonds is 5. The van der Waals surface area contributed by atoms with E-state index < -0.39 is 0 Å². The van der Waals surface area contributed by atoms with Crippen molar-refractivity contribution in [2.24, 2.45) is 5.41 Å². The van der Waals surface area contributed by atoms with E-state index in [1.807, 2.05) is 18.3 Å². The van der Waals surface area contributed by atoms with Gasteiger partial charge < -0.3 is 9.80 Å². The van der Waals surface area contributed by atoms with Gasteiger partial charge in [-0.3, -0.25) is 9.78 Å². The lowest BCUT2D eigenvalue weighted by Crippen LogP contribution is -2.54. The smallest absolute Gasteiger partial charge is 0.230 e. The summed E-state index contributed by atoms with van der Waals surface area (Å²) in [5.41, 5.74) is 2.68. The van der Waals surface area contributed by atoms with E-state index in [1.54, 1.807) is 0 Å². The number of amides is 1. The Kier molecular flexibility index (Phi) is 5.13. The Morgan fingerprint density at radius 3 is 2.45 bits per heavy atom. The number of likely N-dealkylation sites (tertiary alicyclic amines) is 2. The van der Waals surface area contributed by atoms with Crippen molar-refractivity contribution < 1.29 is 4.79 Å². The lowest BCUT2D eigenvalue weighted by Gasteiger charge is -2.50. The molecule has 4 nitrogen and oxygen atoms in total. The maximum absolute atomic E-state index is 13.3. The van der Waals surface area contributed by atoms with Crippen molar-refractivity contribution >= 4 is 5.91 Å². The van der Waals surface area contributed by atoms with Crippen molar-refractivity contribution in [3.05, 3.63) is 66.0 Å². The molecule has 2 aromatic rings. The van der Waals surface area contributed by atoms with Crippen molar-refractivity contribution in [3.8, 4) is 0 Å². The Labute approximate surface area is 173 Å². The van der Waals surface area contributed by atoms with E-state index in [1.165, 1.54) is 36.9 Å². The molecular formula is C25H31N3O. The topological polar surface area (TPSA) is 36.4 Å². The molecule has 3 heterocycles. The van der Waals surface area contributed by atoms with E-state index in [0.29, 0.717) is 17.4 Å².